The van der Waals surface area contributed by atoms with Gasteiger partial charge in [-0.2, -0.15) is 0 Å². The number of hydrogen-bond donors (Lipinski definition) is 3. The molecule has 188 valence electrons. The summed E-state index contributed by atoms with van der Waals surface area (Å²) >= 11 is 3.43. The zero-order valence-corrected chi connectivity index (χ0v) is 21.5. The summed E-state index contributed by atoms with van der Waals surface area (Å²) < 4.78 is 19.8. The topological polar surface area (TPSA) is 94.1 Å². The fourth-order valence-corrected chi connectivity index (χ4v) is 4.37. The molecule has 0 radical (unpaired) electrons. The van der Waals surface area contributed by atoms with Crippen LogP contribution in [0.25, 0.3) is 0 Å². The van der Waals surface area contributed by atoms with Crippen molar-refractivity contribution >= 4 is 39.9 Å². The third kappa shape index (κ3) is 6.66. The van der Waals surface area contributed by atoms with Crippen LogP contribution >= 0.6 is 15.9 Å². The summed E-state index contributed by atoms with van der Waals surface area (Å²) in [6.07, 6.45) is 3.61. The molecule has 8 nitrogen and oxygen atoms in total. The second-order valence-corrected chi connectivity index (χ2v) is 9.36. The van der Waals surface area contributed by atoms with Gasteiger partial charge in [-0.1, -0.05) is 6.07 Å². The zero-order valence-electron chi connectivity index (χ0n) is 19.9. The Hall–Kier alpha value is -3.34. The number of nitrogens with zero attached hydrogens (tertiary/aromatic N) is 3. The highest BCUT2D eigenvalue weighted by atomic mass is 79.9. The van der Waals surface area contributed by atoms with Crippen molar-refractivity contribution in [3.63, 3.8) is 0 Å². The number of piperidine rings is 1. The SMILES string of the molecule is C=Nc1c(Br)c[nH]c(=O)c1/C(=N\CNC1CCN(C)CC1)Nc1ccc(Oc2cccc(F)c2)cc1. The lowest BCUT2D eigenvalue weighted by molar-refractivity contribution is 0.236. The Morgan fingerprint density at radius 1 is 1.22 bits per heavy atom. The van der Waals surface area contributed by atoms with Gasteiger partial charge in [-0.3, -0.25) is 20.1 Å². The van der Waals surface area contributed by atoms with E-state index in [0.29, 0.717) is 45.9 Å². The van der Waals surface area contributed by atoms with Gasteiger partial charge in [0.1, 0.15) is 28.7 Å². The van der Waals surface area contributed by atoms with Gasteiger partial charge >= 0.3 is 0 Å². The van der Waals surface area contributed by atoms with Crippen molar-refractivity contribution in [2.75, 3.05) is 32.1 Å². The van der Waals surface area contributed by atoms with Crippen molar-refractivity contribution in [1.82, 2.24) is 15.2 Å². The monoisotopic (exact) mass is 554 g/mol. The first-order valence-electron chi connectivity index (χ1n) is 11.6. The van der Waals surface area contributed by atoms with Gasteiger partial charge in [0.2, 0.25) is 0 Å². The average Bonchev–Trinajstić information content (AvgIpc) is 2.87. The maximum absolute atomic E-state index is 13.4. The Bertz CT molecular complexity index is 1290. The number of likely N-dealkylation sites (tertiary alicyclic amines) is 1. The zero-order chi connectivity index (χ0) is 25.5. The Morgan fingerprint density at radius 3 is 2.67 bits per heavy atom. The third-order valence-electron chi connectivity index (χ3n) is 5.90. The van der Waals surface area contributed by atoms with Gasteiger partial charge in [0, 0.05) is 24.0 Å². The van der Waals surface area contributed by atoms with E-state index in [9.17, 15) is 9.18 Å². The highest BCUT2D eigenvalue weighted by Gasteiger charge is 2.19. The number of benzene rings is 2. The van der Waals surface area contributed by atoms with Gasteiger partial charge in [-0.05, 0) is 92.0 Å². The number of amidine groups is 1. The molecule has 0 aliphatic carbocycles. The van der Waals surface area contributed by atoms with Crippen LogP contribution in [0.3, 0.4) is 0 Å². The van der Waals surface area contributed by atoms with Crippen LogP contribution in [0.4, 0.5) is 15.8 Å². The number of rotatable bonds is 8. The average molecular weight is 555 g/mol. The first-order valence-corrected chi connectivity index (χ1v) is 12.4. The molecular weight excluding hydrogens is 527 g/mol. The molecule has 1 fully saturated rings. The highest BCUT2D eigenvalue weighted by molar-refractivity contribution is 9.10. The van der Waals surface area contributed by atoms with Crippen molar-refractivity contribution in [3.8, 4) is 11.5 Å². The Labute approximate surface area is 217 Å². The summed E-state index contributed by atoms with van der Waals surface area (Å²) in [5.74, 6) is 0.938. The summed E-state index contributed by atoms with van der Waals surface area (Å²) in [6, 6.07) is 13.4. The van der Waals surface area contributed by atoms with Crippen LogP contribution in [-0.2, 0) is 0 Å². The van der Waals surface area contributed by atoms with Gasteiger partial charge in [0.15, 0.2) is 0 Å². The van der Waals surface area contributed by atoms with Gasteiger partial charge in [-0.25, -0.2) is 4.39 Å². The molecule has 2 heterocycles. The predicted molar refractivity (Wildman–Crippen MR) is 146 cm³/mol. The van der Waals surface area contributed by atoms with Crippen LogP contribution in [0.5, 0.6) is 11.5 Å². The lowest BCUT2D eigenvalue weighted by Gasteiger charge is -2.29. The molecule has 1 aliphatic heterocycles. The van der Waals surface area contributed by atoms with Crippen molar-refractivity contribution < 1.29 is 9.13 Å². The maximum Gasteiger partial charge on any atom is 0.261 e. The van der Waals surface area contributed by atoms with E-state index in [1.165, 1.54) is 18.3 Å². The summed E-state index contributed by atoms with van der Waals surface area (Å²) in [7, 11) is 2.12. The molecular formula is C26H28BrFN6O2. The number of ether oxygens (including phenoxy) is 1. The third-order valence-corrected chi connectivity index (χ3v) is 6.50. The molecule has 2 aromatic carbocycles. The van der Waals surface area contributed by atoms with Crippen LogP contribution < -0.4 is 20.9 Å². The minimum atomic E-state index is -0.369. The van der Waals surface area contributed by atoms with Crippen molar-refractivity contribution in [3.05, 3.63) is 80.9 Å². The molecule has 1 aliphatic rings. The lowest BCUT2D eigenvalue weighted by atomic mass is 10.1. The molecule has 3 N–H and O–H groups in total. The fraction of sp³-hybridized carbons (Fsp3) is 0.269. The van der Waals surface area contributed by atoms with Crippen molar-refractivity contribution in [2.45, 2.75) is 18.9 Å². The standard InChI is InChI=1S/C26H28BrFN6O2/c1-29-24-22(27)15-30-26(35)23(24)25(32-16-31-18-10-12-34(2)13-11-18)33-19-6-8-20(9-7-19)36-21-5-3-4-17(28)14-21/h3-9,14-15,18,31H,1,10-13,16H2,2H3,(H,30,35)(H,32,33). The fourth-order valence-electron chi connectivity index (χ4n) is 3.93. The predicted octanol–water partition coefficient (Wildman–Crippen LogP) is 4.90. The second kappa shape index (κ2) is 12.1. The summed E-state index contributed by atoms with van der Waals surface area (Å²) in [5, 5.41) is 6.71. The molecule has 1 saturated heterocycles. The number of nitrogens with one attached hydrogen (secondary N) is 3. The molecule has 0 unspecified atom stereocenters. The number of H-pyrrole nitrogens is 1. The molecule has 0 spiro atoms. The molecule has 0 atom stereocenters. The maximum atomic E-state index is 13.4. The Balaban J connectivity index is 1.55. The number of pyridine rings is 1. The summed E-state index contributed by atoms with van der Waals surface area (Å²) in [5.41, 5.74) is 1.03. The van der Waals surface area contributed by atoms with E-state index in [-0.39, 0.29) is 16.9 Å². The van der Waals surface area contributed by atoms with E-state index in [1.54, 1.807) is 36.4 Å². The van der Waals surface area contributed by atoms with Gasteiger partial charge in [-0.15, -0.1) is 0 Å². The number of anilines is 1. The second-order valence-electron chi connectivity index (χ2n) is 8.50. The van der Waals surface area contributed by atoms with E-state index in [0.717, 1.165) is 25.9 Å². The minimum Gasteiger partial charge on any atom is -0.457 e. The molecule has 0 amide bonds. The molecule has 36 heavy (non-hydrogen) atoms. The largest absolute Gasteiger partial charge is 0.457 e. The molecule has 3 aromatic rings. The summed E-state index contributed by atoms with van der Waals surface area (Å²) in [6.45, 7) is 6.02. The van der Waals surface area contributed by atoms with E-state index >= 15 is 0 Å². The van der Waals surface area contributed by atoms with Crippen LogP contribution in [0.15, 0.2) is 74.0 Å². The van der Waals surface area contributed by atoms with Crippen molar-refractivity contribution in [2.24, 2.45) is 9.98 Å². The minimum absolute atomic E-state index is 0.282. The Kier molecular flexibility index (Phi) is 8.63. The van der Waals surface area contributed by atoms with Crippen LogP contribution in [0.1, 0.15) is 18.4 Å². The molecule has 10 heteroatoms. The van der Waals surface area contributed by atoms with Gasteiger partial charge < -0.3 is 19.9 Å². The molecule has 0 saturated carbocycles. The quantitative estimate of drug-likeness (QED) is 0.272. The first kappa shape index (κ1) is 25.7. The normalized spacial score (nSPS) is 15.0. The molecule has 0 bridgehead atoms. The Morgan fingerprint density at radius 2 is 1.97 bits per heavy atom. The van der Waals surface area contributed by atoms with Crippen LogP contribution in [0, 0.1) is 5.82 Å². The number of aliphatic imine (C=N–C) groups is 2. The molecule has 1 aromatic heterocycles. The van der Waals surface area contributed by atoms with Gasteiger partial charge in [0.05, 0.1) is 16.8 Å². The van der Waals surface area contributed by atoms with E-state index < -0.39 is 0 Å². The lowest BCUT2D eigenvalue weighted by Crippen LogP contribution is -2.41. The summed E-state index contributed by atoms with van der Waals surface area (Å²) in [4.78, 5) is 26.6. The first-order chi connectivity index (χ1) is 17.4. The molecule has 4 rings (SSSR count). The van der Waals surface area contributed by atoms with Crippen molar-refractivity contribution in [1.29, 1.82) is 0 Å². The van der Waals surface area contributed by atoms with Gasteiger partial charge in [0.25, 0.3) is 5.56 Å². The van der Waals surface area contributed by atoms with E-state index in [2.05, 4.69) is 55.2 Å². The number of aromatic amines is 1. The smallest absolute Gasteiger partial charge is 0.261 e. The number of halogens is 2. The number of hydrogen-bond acceptors (Lipinski definition) is 6. The highest BCUT2D eigenvalue weighted by Crippen LogP contribution is 2.28. The van der Waals surface area contributed by atoms with Crippen LogP contribution in [0.2, 0.25) is 0 Å². The van der Waals surface area contributed by atoms with E-state index in [4.69, 9.17) is 9.73 Å². The van der Waals surface area contributed by atoms with E-state index in [1.807, 2.05) is 0 Å². The van der Waals surface area contributed by atoms with Crippen LogP contribution in [-0.4, -0.2) is 55.3 Å². The number of aromatic nitrogens is 1.